The Hall–Kier alpha value is -2.98. The zero-order chi connectivity index (χ0) is 18.0. The molecule has 25 heavy (non-hydrogen) atoms. The highest BCUT2D eigenvalue weighted by Gasteiger charge is 2.35. The lowest BCUT2D eigenvalue weighted by molar-refractivity contribution is -0.118. The first-order valence-corrected chi connectivity index (χ1v) is 7.83. The normalized spacial score (nSPS) is 17.1. The maximum Gasteiger partial charge on any atom is 0.266 e. The number of carbonyl (C=O) groups excluding carboxylic acids is 1. The SMILES string of the molecule is COc1ccccc1C1NC(=O)C(C#N)=C(S)N1c1ccc(F)cc1. The highest BCUT2D eigenvalue weighted by molar-refractivity contribution is 7.84. The van der Waals surface area contributed by atoms with Crippen LogP contribution in [0.3, 0.4) is 0 Å². The molecule has 1 N–H and O–H groups in total. The number of carbonyl (C=O) groups is 1. The van der Waals surface area contributed by atoms with Crippen LogP contribution in [0.25, 0.3) is 0 Å². The molecule has 126 valence electrons. The molecule has 1 unspecified atom stereocenters. The van der Waals surface area contributed by atoms with Crippen molar-refractivity contribution in [1.82, 2.24) is 5.32 Å². The van der Waals surface area contributed by atoms with E-state index in [9.17, 15) is 14.4 Å². The van der Waals surface area contributed by atoms with Gasteiger partial charge in [-0.25, -0.2) is 4.39 Å². The van der Waals surface area contributed by atoms with Crippen LogP contribution in [0.15, 0.2) is 59.1 Å². The summed E-state index contributed by atoms with van der Waals surface area (Å²) < 4.78 is 18.7. The molecule has 2 aromatic carbocycles. The van der Waals surface area contributed by atoms with E-state index in [4.69, 9.17) is 4.74 Å². The monoisotopic (exact) mass is 355 g/mol. The van der Waals surface area contributed by atoms with E-state index in [1.165, 1.54) is 19.2 Å². The molecule has 0 fully saturated rings. The third kappa shape index (κ3) is 3.04. The van der Waals surface area contributed by atoms with Gasteiger partial charge in [-0.05, 0) is 30.3 Å². The van der Waals surface area contributed by atoms with E-state index in [-0.39, 0.29) is 16.4 Å². The van der Waals surface area contributed by atoms with Crippen LogP contribution in [-0.4, -0.2) is 13.0 Å². The number of hydrogen-bond donors (Lipinski definition) is 2. The number of halogens is 1. The van der Waals surface area contributed by atoms with Gasteiger partial charge >= 0.3 is 0 Å². The lowest BCUT2D eigenvalue weighted by Crippen LogP contribution is -2.46. The number of nitrogens with one attached hydrogen (secondary N) is 1. The molecular weight excluding hydrogens is 341 g/mol. The Labute approximate surface area is 149 Å². The average molecular weight is 355 g/mol. The van der Waals surface area contributed by atoms with Crippen molar-refractivity contribution in [3.05, 3.63) is 70.5 Å². The molecule has 5 nitrogen and oxygen atoms in total. The predicted molar refractivity (Wildman–Crippen MR) is 94.4 cm³/mol. The fourth-order valence-electron chi connectivity index (χ4n) is 2.69. The summed E-state index contributed by atoms with van der Waals surface area (Å²) in [4.78, 5) is 13.9. The Morgan fingerprint density at radius 3 is 2.56 bits per heavy atom. The predicted octanol–water partition coefficient (Wildman–Crippen LogP) is 3.13. The highest BCUT2D eigenvalue weighted by Crippen LogP contribution is 2.38. The van der Waals surface area contributed by atoms with Crippen molar-refractivity contribution in [2.45, 2.75) is 6.17 Å². The molecule has 2 aromatic rings. The number of nitriles is 1. The minimum absolute atomic E-state index is 0.112. The number of amides is 1. The summed E-state index contributed by atoms with van der Waals surface area (Å²) in [5.41, 5.74) is 1.15. The van der Waals surface area contributed by atoms with E-state index in [2.05, 4.69) is 17.9 Å². The van der Waals surface area contributed by atoms with Gasteiger partial charge in [0.15, 0.2) is 0 Å². The summed E-state index contributed by atoms with van der Waals surface area (Å²) in [6.07, 6.45) is -0.654. The van der Waals surface area contributed by atoms with Crippen LogP contribution in [0.4, 0.5) is 10.1 Å². The molecule has 0 aliphatic carbocycles. The molecular formula is C18H14FN3O2S. The van der Waals surface area contributed by atoms with Crippen LogP contribution < -0.4 is 15.0 Å². The van der Waals surface area contributed by atoms with E-state index >= 15 is 0 Å². The summed E-state index contributed by atoms with van der Waals surface area (Å²) in [6, 6.07) is 14.8. The Bertz CT molecular complexity index is 890. The van der Waals surface area contributed by atoms with Gasteiger partial charge in [0.25, 0.3) is 5.91 Å². The molecule has 0 spiro atoms. The molecule has 7 heteroatoms. The minimum atomic E-state index is -0.654. The lowest BCUT2D eigenvalue weighted by Gasteiger charge is -2.38. The maximum atomic E-state index is 13.3. The Kier molecular flexibility index (Phi) is 4.63. The smallest absolute Gasteiger partial charge is 0.266 e. The van der Waals surface area contributed by atoms with Crippen molar-refractivity contribution in [2.75, 3.05) is 12.0 Å². The van der Waals surface area contributed by atoms with Gasteiger partial charge in [-0.15, -0.1) is 12.6 Å². The van der Waals surface area contributed by atoms with Crippen molar-refractivity contribution >= 4 is 24.2 Å². The number of rotatable bonds is 3. The molecule has 0 radical (unpaired) electrons. The van der Waals surface area contributed by atoms with Crippen LogP contribution in [0, 0.1) is 17.1 Å². The first-order chi connectivity index (χ1) is 12.1. The molecule has 0 aromatic heterocycles. The molecule has 0 saturated carbocycles. The number of para-hydroxylation sites is 1. The van der Waals surface area contributed by atoms with E-state index in [0.717, 1.165) is 0 Å². The number of thiol groups is 1. The van der Waals surface area contributed by atoms with E-state index in [0.29, 0.717) is 17.0 Å². The van der Waals surface area contributed by atoms with Crippen molar-refractivity contribution in [1.29, 1.82) is 5.26 Å². The molecule has 1 aliphatic heterocycles. The molecule has 1 heterocycles. The zero-order valence-corrected chi connectivity index (χ0v) is 14.1. The van der Waals surface area contributed by atoms with Gasteiger partial charge in [0.05, 0.1) is 12.1 Å². The van der Waals surface area contributed by atoms with Crippen molar-refractivity contribution in [3.63, 3.8) is 0 Å². The number of nitrogens with zero attached hydrogens (tertiary/aromatic N) is 2. The van der Waals surface area contributed by atoms with Gasteiger partial charge in [0, 0.05) is 11.3 Å². The van der Waals surface area contributed by atoms with E-state index < -0.39 is 12.1 Å². The topological polar surface area (TPSA) is 65.4 Å². The Balaban J connectivity index is 2.19. The van der Waals surface area contributed by atoms with E-state index in [1.807, 2.05) is 18.2 Å². The third-order valence-corrected chi connectivity index (χ3v) is 4.29. The van der Waals surface area contributed by atoms with Gasteiger partial charge < -0.3 is 15.0 Å². The van der Waals surface area contributed by atoms with Gasteiger partial charge in [0.2, 0.25) is 0 Å². The van der Waals surface area contributed by atoms with Crippen molar-refractivity contribution in [2.24, 2.45) is 0 Å². The molecule has 1 atom stereocenters. The van der Waals surface area contributed by atoms with E-state index in [1.54, 1.807) is 29.2 Å². The highest BCUT2D eigenvalue weighted by atomic mass is 32.1. The molecule has 0 bridgehead atoms. The second-order valence-electron chi connectivity index (χ2n) is 5.27. The first-order valence-electron chi connectivity index (χ1n) is 7.38. The standard InChI is InChI=1S/C18H14FN3O2S/c1-24-15-5-3-2-4-13(15)16-21-17(23)14(10-20)18(25)22(16)12-8-6-11(19)7-9-12/h2-9,16,25H,1H3,(H,21,23). The Morgan fingerprint density at radius 1 is 1.24 bits per heavy atom. The van der Waals surface area contributed by atoms with Crippen molar-refractivity contribution in [3.8, 4) is 11.8 Å². The first kappa shape index (κ1) is 16.9. The number of hydrogen-bond acceptors (Lipinski definition) is 5. The number of benzene rings is 2. The van der Waals surface area contributed by atoms with Crippen LogP contribution in [0.1, 0.15) is 11.7 Å². The maximum absolute atomic E-state index is 13.3. The molecule has 1 aliphatic rings. The molecule has 3 rings (SSSR count). The summed E-state index contributed by atoms with van der Waals surface area (Å²) in [5, 5.41) is 12.2. The largest absolute Gasteiger partial charge is 0.496 e. The van der Waals surface area contributed by atoms with Crippen LogP contribution >= 0.6 is 12.6 Å². The summed E-state index contributed by atoms with van der Waals surface area (Å²) >= 11 is 4.39. The number of ether oxygens (including phenoxy) is 1. The third-order valence-electron chi connectivity index (χ3n) is 3.85. The fourth-order valence-corrected chi connectivity index (χ4v) is 3.07. The Morgan fingerprint density at radius 2 is 1.92 bits per heavy atom. The zero-order valence-electron chi connectivity index (χ0n) is 13.2. The second-order valence-corrected chi connectivity index (χ2v) is 5.70. The quantitative estimate of drug-likeness (QED) is 0.831. The summed E-state index contributed by atoms with van der Waals surface area (Å²) in [7, 11) is 1.53. The molecule has 1 amide bonds. The van der Waals surface area contributed by atoms with Gasteiger partial charge in [-0.1, -0.05) is 18.2 Å². The average Bonchev–Trinajstić information content (AvgIpc) is 2.62. The van der Waals surface area contributed by atoms with Crippen LogP contribution in [0.2, 0.25) is 0 Å². The van der Waals surface area contributed by atoms with Gasteiger partial charge in [0.1, 0.15) is 29.4 Å². The summed E-state index contributed by atoms with van der Waals surface area (Å²) in [5.74, 6) is -0.341. The lowest BCUT2D eigenvalue weighted by atomic mass is 10.1. The van der Waals surface area contributed by atoms with Crippen LogP contribution in [-0.2, 0) is 4.79 Å². The fraction of sp³-hybridized carbons (Fsp3) is 0.111. The van der Waals surface area contributed by atoms with Gasteiger partial charge in [-0.2, -0.15) is 5.26 Å². The van der Waals surface area contributed by atoms with Crippen molar-refractivity contribution < 1.29 is 13.9 Å². The van der Waals surface area contributed by atoms with Gasteiger partial charge in [-0.3, -0.25) is 4.79 Å². The minimum Gasteiger partial charge on any atom is -0.496 e. The summed E-state index contributed by atoms with van der Waals surface area (Å²) in [6.45, 7) is 0. The second kappa shape index (κ2) is 6.87. The number of methoxy groups -OCH3 is 1. The number of anilines is 1. The molecule has 0 saturated heterocycles. The van der Waals surface area contributed by atoms with Crippen LogP contribution in [0.5, 0.6) is 5.75 Å².